The molecule has 3 rings (SSSR count). The average molecular weight is 533 g/mol. The number of ether oxygens (including phenoxy) is 1. The summed E-state index contributed by atoms with van der Waals surface area (Å²) in [7, 11) is 0. The van der Waals surface area contributed by atoms with E-state index >= 15 is 0 Å². The fourth-order valence-electron chi connectivity index (χ4n) is 3.32. The molecular weight excluding hydrogens is 510 g/mol. The summed E-state index contributed by atoms with van der Waals surface area (Å²) in [4.78, 5) is 35.7. The highest BCUT2D eigenvalue weighted by Crippen LogP contribution is 2.24. The number of amides is 1. The lowest BCUT2D eigenvalue weighted by Gasteiger charge is -2.15. The van der Waals surface area contributed by atoms with Gasteiger partial charge in [0.15, 0.2) is 0 Å². The molecule has 6 nitrogen and oxygen atoms in total. The number of aryl methyl sites for hydroxylation is 1. The Morgan fingerprint density at radius 3 is 2.53 bits per heavy atom. The summed E-state index contributed by atoms with van der Waals surface area (Å²) in [6.07, 6.45) is -0.162. The number of hydrogen-bond acceptors (Lipinski definition) is 4. The van der Waals surface area contributed by atoms with Gasteiger partial charge in [0.1, 0.15) is 34.2 Å². The first-order chi connectivity index (χ1) is 16.1. The van der Waals surface area contributed by atoms with Crippen LogP contribution in [0.3, 0.4) is 0 Å². The maximum atomic E-state index is 13.9. The molecule has 9 heteroatoms. The second-order valence-electron chi connectivity index (χ2n) is 7.86. The van der Waals surface area contributed by atoms with Crippen molar-refractivity contribution in [2.75, 3.05) is 0 Å². The highest BCUT2D eigenvalue weighted by Gasteiger charge is 2.14. The van der Waals surface area contributed by atoms with Crippen LogP contribution in [0.15, 0.2) is 57.8 Å². The average Bonchev–Trinajstić information content (AvgIpc) is 2.77. The first-order valence-corrected chi connectivity index (χ1v) is 11.2. The molecule has 0 aliphatic carbocycles. The maximum absolute atomic E-state index is 13.9. The van der Waals surface area contributed by atoms with Crippen LogP contribution in [0.2, 0.25) is 0 Å². The van der Waals surface area contributed by atoms with E-state index in [-0.39, 0.29) is 59.2 Å². The van der Waals surface area contributed by atoms with E-state index in [1.165, 1.54) is 13.0 Å². The minimum atomic E-state index is -0.724. The number of nitrogens with zero attached hydrogens (tertiary/aromatic N) is 1. The fourth-order valence-corrected chi connectivity index (χ4v) is 3.76. The summed E-state index contributed by atoms with van der Waals surface area (Å²) >= 11 is 3.27. The van der Waals surface area contributed by atoms with E-state index in [1.807, 2.05) is 24.3 Å². The molecule has 0 saturated heterocycles. The quantitative estimate of drug-likeness (QED) is 0.414. The maximum Gasteiger partial charge on any atom is 0.269 e. The summed E-state index contributed by atoms with van der Waals surface area (Å²) in [6.45, 7) is 3.50. The van der Waals surface area contributed by atoms with Crippen LogP contribution < -0.4 is 15.6 Å². The number of Topliss-reactive ketones (excluding diaryl/α,β-unsaturated/α-hetero) is 1. The normalized spacial score (nSPS) is 10.7. The molecule has 3 aromatic rings. The Kier molecular flexibility index (Phi) is 8.33. The van der Waals surface area contributed by atoms with E-state index in [4.69, 9.17) is 4.74 Å². The molecule has 0 unspecified atom stereocenters. The second-order valence-corrected chi connectivity index (χ2v) is 8.65. The minimum absolute atomic E-state index is 0.162. The third-order valence-corrected chi connectivity index (χ3v) is 5.77. The Labute approximate surface area is 203 Å². The van der Waals surface area contributed by atoms with E-state index in [2.05, 4.69) is 21.2 Å². The van der Waals surface area contributed by atoms with Crippen LogP contribution in [-0.4, -0.2) is 16.3 Å². The Bertz CT molecular complexity index is 1290. The van der Waals surface area contributed by atoms with Gasteiger partial charge in [0, 0.05) is 29.9 Å². The Morgan fingerprint density at radius 2 is 1.82 bits per heavy atom. The molecule has 34 heavy (non-hydrogen) atoms. The number of aromatic nitrogens is 1. The van der Waals surface area contributed by atoms with Crippen molar-refractivity contribution in [2.24, 2.45) is 0 Å². The number of hydrogen-bond donors (Lipinski definition) is 1. The smallest absolute Gasteiger partial charge is 0.269 e. The first kappa shape index (κ1) is 25.3. The van der Waals surface area contributed by atoms with Gasteiger partial charge in [-0.05, 0) is 53.0 Å². The van der Waals surface area contributed by atoms with Crippen molar-refractivity contribution in [3.63, 3.8) is 0 Å². The van der Waals surface area contributed by atoms with Gasteiger partial charge in [0.05, 0.1) is 13.0 Å². The van der Waals surface area contributed by atoms with Crippen LogP contribution in [0.1, 0.15) is 35.7 Å². The molecule has 0 atom stereocenters. The summed E-state index contributed by atoms with van der Waals surface area (Å²) in [6, 6.07) is 12.3. The van der Waals surface area contributed by atoms with Gasteiger partial charge in [-0.25, -0.2) is 8.78 Å². The van der Waals surface area contributed by atoms with E-state index in [0.29, 0.717) is 5.69 Å². The molecule has 1 heterocycles. The Balaban J connectivity index is 1.73. The lowest BCUT2D eigenvalue weighted by Crippen LogP contribution is -2.25. The number of pyridine rings is 1. The number of carbonyl (C=O) groups is 2. The molecule has 0 radical (unpaired) electrons. The SMILES string of the molecule is CC(=O)CC(=O)NCc1cccc(Cn2c(C)cc(OCc3ccc(F)cc3F)c(Br)c2=O)c1. The van der Waals surface area contributed by atoms with Crippen LogP contribution in [0.4, 0.5) is 8.78 Å². The van der Waals surface area contributed by atoms with Crippen molar-refractivity contribution >= 4 is 27.6 Å². The molecule has 1 N–H and O–H groups in total. The van der Waals surface area contributed by atoms with Crippen molar-refractivity contribution in [1.29, 1.82) is 0 Å². The summed E-state index contributed by atoms with van der Waals surface area (Å²) < 4.78 is 34.3. The lowest BCUT2D eigenvalue weighted by molar-refractivity contribution is -0.127. The van der Waals surface area contributed by atoms with Gasteiger partial charge in [-0.1, -0.05) is 24.3 Å². The molecule has 0 aliphatic rings. The predicted octanol–water partition coefficient (Wildman–Crippen LogP) is 4.42. The van der Waals surface area contributed by atoms with Crippen molar-refractivity contribution in [1.82, 2.24) is 9.88 Å². The van der Waals surface area contributed by atoms with Crippen molar-refractivity contribution in [3.05, 3.63) is 97.4 Å². The molecule has 2 aromatic carbocycles. The second kappa shape index (κ2) is 11.2. The van der Waals surface area contributed by atoms with Gasteiger partial charge in [0.2, 0.25) is 5.91 Å². The number of nitrogens with one attached hydrogen (secondary N) is 1. The van der Waals surface area contributed by atoms with Crippen LogP contribution in [0.5, 0.6) is 5.75 Å². The number of benzene rings is 2. The number of halogens is 3. The van der Waals surface area contributed by atoms with Crippen LogP contribution in [0.25, 0.3) is 0 Å². The molecule has 0 spiro atoms. The van der Waals surface area contributed by atoms with E-state index in [1.54, 1.807) is 17.6 Å². The standard InChI is InChI=1S/C25H23BrF2N2O4/c1-15-8-22(34-14-19-6-7-20(27)11-21(19)28)24(26)25(33)30(15)13-18-5-3-4-17(10-18)12-29-23(32)9-16(2)31/h3-8,10-11H,9,12-14H2,1-2H3,(H,29,32). The van der Waals surface area contributed by atoms with E-state index < -0.39 is 11.6 Å². The largest absolute Gasteiger partial charge is 0.487 e. The molecule has 1 aromatic heterocycles. The predicted molar refractivity (Wildman–Crippen MR) is 127 cm³/mol. The van der Waals surface area contributed by atoms with Gasteiger partial charge >= 0.3 is 0 Å². The Morgan fingerprint density at radius 1 is 1.09 bits per heavy atom. The van der Waals surface area contributed by atoms with Gasteiger partial charge in [-0.15, -0.1) is 0 Å². The van der Waals surface area contributed by atoms with Gasteiger partial charge in [-0.3, -0.25) is 14.4 Å². The first-order valence-electron chi connectivity index (χ1n) is 10.4. The minimum Gasteiger partial charge on any atom is -0.487 e. The highest BCUT2D eigenvalue weighted by molar-refractivity contribution is 9.10. The number of rotatable bonds is 9. The highest BCUT2D eigenvalue weighted by atomic mass is 79.9. The fraction of sp³-hybridized carbons (Fsp3) is 0.240. The van der Waals surface area contributed by atoms with Crippen molar-refractivity contribution in [3.8, 4) is 5.75 Å². The zero-order valence-corrected chi connectivity index (χ0v) is 20.2. The lowest BCUT2D eigenvalue weighted by atomic mass is 10.1. The van der Waals surface area contributed by atoms with Gasteiger partial charge in [-0.2, -0.15) is 0 Å². The number of ketones is 1. The zero-order valence-electron chi connectivity index (χ0n) is 18.7. The summed E-state index contributed by atoms with van der Waals surface area (Å²) in [5, 5.41) is 2.70. The van der Waals surface area contributed by atoms with Crippen LogP contribution in [0, 0.1) is 18.6 Å². The van der Waals surface area contributed by atoms with E-state index in [0.717, 1.165) is 23.3 Å². The molecule has 0 fully saturated rings. The summed E-state index contributed by atoms with van der Waals surface area (Å²) in [5.74, 6) is -1.70. The van der Waals surface area contributed by atoms with Crippen LogP contribution >= 0.6 is 15.9 Å². The topological polar surface area (TPSA) is 77.4 Å². The van der Waals surface area contributed by atoms with Gasteiger partial charge < -0.3 is 14.6 Å². The molecule has 0 saturated carbocycles. The van der Waals surface area contributed by atoms with Gasteiger partial charge in [0.25, 0.3) is 5.56 Å². The summed E-state index contributed by atoms with van der Waals surface area (Å²) in [5.41, 5.74) is 2.15. The molecule has 0 bridgehead atoms. The van der Waals surface area contributed by atoms with Crippen molar-refractivity contribution < 1.29 is 23.1 Å². The molecule has 1 amide bonds. The molecular formula is C25H23BrF2N2O4. The third-order valence-electron chi connectivity index (χ3n) is 5.04. The Hall–Kier alpha value is -3.33. The molecule has 178 valence electrons. The van der Waals surface area contributed by atoms with E-state index in [9.17, 15) is 23.2 Å². The molecule has 0 aliphatic heterocycles. The van der Waals surface area contributed by atoms with Crippen LogP contribution in [-0.2, 0) is 29.3 Å². The zero-order chi connectivity index (χ0) is 24.8. The monoisotopic (exact) mass is 532 g/mol. The third kappa shape index (κ3) is 6.60. The number of carbonyl (C=O) groups excluding carboxylic acids is 2. The van der Waals surface area contributed by atoms with Crippen molar-refractivity contribution in [2.45, 2.75) is 40.0 Å².